The summed E-state index contributed by atoms with van der Waals surface area (Å²) < 4.78 is 19.4. The molecule has 0 unspecified atom stereocenters. The number of oxazole rings is 1. The maximum atomic E-state index is 13.9. The van der Waals surface area contributed by atoms with Crippen LogP contribution in [-0.2, 0) is 13.1 Å². The minimum absolute atomic E-state index is 0.138. The van der Waals surface area contributed by atoms with E-state index in [1.54, 1.807) is 12.1 Å². The molecule has 1 aliphatic heterocycles. The van der Waals surface area contributed by atoms with E-state index in [1.165, 1.54) is 23.5 Å². The second kappa shape index (κ2) is 9.41. The summed E-state index contributed by atoms with van der Waals surface area (Å²) in [6, 6.07) is 13.2. The molecule has 0 atom stereocenters. The van der Waals surface area contributed by atoms with Crippen molar-refractivity contribution in [1.82, 2.24) is 14.8 Å². The third-order valence-electron chi connectivity index (χ3n) is 5.51. The zero-order valence-electron chi connectivity index (χ0n) is 17.9. The van der Waals surface area contributed by atoms with Gasteiger partial charge in [0.15, 0.2) is 5.69 Å². The normalized spacial score (nSPS) is 15.2. The lowest BCUT2D eigenvalue weighted by Crippen LogP contribution is -2.45. The summed E-state index contributed by atoms with van der Waals surface area (Å²) in [6.07, 6.45) is 1.33. The molecule has 1 aromatic heterocycles. The highest BCUT2D eigenvalue weighted by Crippen LogP contribution is 2.17. The zero-order valence-corrected chi connectivity index (χ0v) is 17.9. The van der Waals surface area contributed by atoms with Crippen LogP contribution >= 0.6 is 0 Å². The van der Waals surface area contributed by atoms with Gasteiger partial charge in [0.1, 0.15) is 12.1 Å². The Kier molecular flexibility index (Phi) is 6.44. The van der Waals surface area contributed by atoms with Gasteiger partial charge in [-0.2, -0.15) is 0 Å². The molecule has 0 aliphatic carbocycles. The van der Waals surface area contributed by atoms with Gasteiger partial charge in [-0.1, -0.05) is 35.9 Å². The number of amides is 1. The van der Waals surface area contributed by atoms with Crippen LogP contribution in [0.25, 0.3) is 0 Å². The van der Waals surface area contributed by atoms with E-state index in [4.69, 9.17) is 4.42 Å². The van der Waals surface area contributed by atoms with Gasteiger partial charge in [-0.25, -0.2) is 9.37 Å². The molecular weight excluding hydrogens is 395 g/mol. The summed E-state index contributed by atoms with van der Waals surface area (Å²) in [4.78, 5) is 21.4. The van der Waals surface area contributed by atoms with Crippen molar-refractivity contribution in [2.24, 2.45) is 0 Å². The van der Waals surface area contributed by atoms with Crippen molar-refractivity contribution in [2.75, 3.05) is 31.5 Å². The van der Waals surface area contributed by atoms with Gasteiger partial charge in [-0.15, -0.1) is 0 Å². The van der Waals surface area contributed by atoms with E-state index in [1.807, 2.05) is 6.92 Å². The van der Waals surface area contributed by atoms with Crippen molar-refractivity contribution in [3.8, 4) is 0 Å². The highest BCUT2D eigenvalue weighted by Gasteiger charge is 2.20. The van der Waals surface area contributed by atoms with Gasteiger partial charge in [-0.3, -0.25) is 14.6 Å². The lowest BCUT2D eigenvalue weighted by Gasteiger charge is -2.34. The molecule has 7 heteroatoms. The number of halogens is 1. The first-order valence-electron chi connectivity index (χ1n) is 10.5. The van der Waals surface area contributed by atoms with E-state index in [0.29, 0.717) is 12.4 Å². The van der Waals surface area contributed by atoms with Crippen molar-refractivity contribution < 1.29 is 13.6 Å². The molecule has 1 N–H and O–H groups in total. The Hall–Kier alpha value is -3.03. The fourth-order valence-corrected chi connectivity index (χ4v) is 3.66. The Labute approximate surface area is 181 Å². The average Bonchev–Trinajstić information content (AvgIpc) is 3.22. The number of aromatic nitrogens is 1. The first-order valence-corrected chi connectivity index (χ1v) is 10.5. The Morgan fingerprint density at radius 3 is 2.35 bits per heavy atom. The van der Waals surface area contributed by atoms with Crippen molar-refractivity contribution in [3.63, 3.8) is 0 Å². The monoisotopic (exact) mass is 422 g/mol. The number of nitrogens with zero attached hydrogens (tertiary/aromatic N) is 3. The molecule has 2 heterocycles. The molecule has 6 nitrogen and oxygen atoms in total. The van der Waals surface area contributed by atoms with E-state index in [-0.39, 0.29) is 11.4 Å². The van der Waals surface area contributed by atoms with Gasteiger partial charge >= 0.3 is 0 Å². The molecule has 162 valence electrons. The van der Waals surface area contributed by atoms with Crippen LogP contribution in [-0.4, -0.2) is 46.9 Å². The number of carbonyl (C=O) groups is 1. The lowest BCUT2D eigenvalue weighted by molar-refractivity contribution is 0.102. The highest BCUT2D eigenvalue weighted by molar-refractivity contribution is 6.02. The van der Waals surface area contributed by atoms with Crippen LogP contribution in [0.15, 0.2) is 53.1 Å². The topological polar surface area (TPSA) is 61.6 Å². The molecule has 0 spiro atoms. The summed E-state index contributed by atoms with van der Waals surface area (Å²) in [5, 5.41) is 2.56. The number of carbonyl (C=O) groups excluding carboxylic acids is 1. The second-order valence-corrected chi connectivity index (χ2v) is 8.10. The first-order chi connectivity index (χ1) is 15.0. The Bertz CT molecular complexity index is 1040. The number of nitrogens with one attached hydrogen (secondary N) is 1. The molecule has 2 aromatic carbocycles. The second-order valence-electron chi connectivity index (χ2n) is 8.10. The van der Waals surface area contributed by atoms with Crippen molar-refractivity contribution in [2.45, 2.75) is 26.9 Å². The first kappa shape index (κ1) is 21.2. The van der Waals surface area contributed by atoms with E-state index < -0.39 is 11.7 Å². The minimum atomic E-state index is -0.484. The fraction of sp³-hybridized carbons (Fsp3) is 0.333. The number of hydrogen-bond acceptors (Lipinski definition) is 5. The average molecular weight is 423 g/mol. The molecule has 31 heavy (non-hydrogen) atoms. The third kappa shape index (κ3) is 5.57. The van der Waals surface area contributed by atoms with E-state index in [9.17, 15) is 9.18 Å². The number of rotatable bonds is 6. The molecular formula is C24H27FN4O2. The maximum Gasteiger partial charge on any atom is 0.277 e. The molecule has 0 saturated carbocycles. The number of aryl methyl sites for hydroxylation is 2. The smallest absolute Gasteiger partial charge is 0.277 e. The highest BCUT2D eigenvalue weighted by atomic mass is 19.1. The van der Waals surface area contributed by atoms with Crippen LogP contribution in [0.5, 0.6) is 0 Å². The van der Waals surface area contributed by atoms with Gasteiger partial charge in [0, 0.05) is 32.7 Å². The van der Waals surface area contributed by atoms with Crippen molar-refractivity contribution >= 4 is 11.6 Å². The summed E-state index contributed by atoms with van der Waals surface area (Å²) in [5.74, 6) is -0.476. The van der Waals surface area contributed by atoms with Crippen LogP contribution in [0.3, 0.4) is 0 Å². The number of hydrogen-bond donors (Lipinski definition) is 1. The lowest BCUT2D eigenvalue weighted by atomic mass is 10.1. The SMILES string of the molecule is Cc1ccc(CN2CCN(Cc3nc(C(=O)Nc4cc(C)ccc4F)co3)CC2)cc1. The van der Waals surface area contributed by atoms with E-state index >= 15 is 0 Å². The Morgan fingerprint density at radius 1 is 1.00 bits per heavy atom. The van der Waals surface area contributed by atoms with Crippen LogP contribution < -0.4 is 5.32 Å². The minimum Gasteiger partial charge on any atom is -0.447 e. The number of piperazine rings is 1. The van der Waals surface area contributed by atoms with Gasteiger partial charge in [0.2, 0.25) is 5.89 Å². The van der Waals surface area contributed by atoms with Crippen molar-refractivity contribution in [3.05, 3.63) is 82.8 Å². The maximum absolute atomic E-state index is 13.9. The predicted octanol–water partition coefficient (Wildman–Crippen LogP) is 4.00. The van der Waals surface area contributed by atoms with Crippen LogP contribution in [0.2, 0.25) is 0 Å². The Balaban J connectivity index is 1.28. The summed E-state index contributed by atoms with van der Waals surface area (Å²) in [7, 11) is 0. The molecule has 4 rings (SSSR count). The molecule has 1 aliphatic rings. The van der Waals surface area contributed by atoms with Crippen LogP contribution in [0.4, 0.5) is 10.1 Å². The molecule has 1 fully saturated rings. The standard InChI is InChI=1S/C24H27FN4O2/c1-17-3-6-19(7-4-17)14-28-9-11-29(12-10-28)15-23-26-22(16-31-23)24(30)27-21-13-18(2)5-8-20(21)25/h3-8,13,16H,9-12,14-15H2,1-2H3,(H,27,30). The van der Waals surface area contributed by atoms with E-state index in [0.717, 1.165) is 38.3 Å². The van der Waals surface area contributed by atoms with Gasteiger partial charge in [0.25, 0.3) is 5.91 Å². The van der Waals surface area contributed by atoms with Gasteiger partial charge in [0.05, 0.1) is 12.2 Å². The number of anilines is 1. The molecule has 0 bridgehead atoms. The molecule has 3 aromatic rings. The summed E-state index contributed by atoms with van der Waals surface area (Å²) in [5.41, 5.74) is 3.75. The van der Waals surface area contributed by atoms with Crippen LogP contribution in [0, 0.1) is 19.7 Å². The Morgan fingerprint density at radius 2 is 1.65 bits per heavy atom. The fourth-order valence-electron chi connectivity index (χ4n) is 3.66. The van der Waals surface area contributed by atoms with Crippen molar-refractivity contribution in [1.29, 1.82) is 0 Å². The van der Waals surface area contributed by atoms with Crippen LogP contribution in [0.1, 0.15) is 33.1 Å². The third-order valence-corrected chi connectivity index (χ3v) is 5.51. The van der Waals surface area contributed by atoms with Gasteiger partial charge < -0.3 is 9.73 Å². The summed E-state index contributed by atoms with van der Waals surface area (Å²) >= 11 is 0. The molecule has 1 amide bonds. The zero-order chi connectivity index (χ0) is 21.8. The largest absolute Gasteiger partial charge is 0.447 e. The van der Waals surface area contributed by atoms with Gasteiger partial charge in [-0.05, 0) is 37.1 Å². The quantitative estimate of drug-likeness (QED) is 0.651. The van der Waals surface area contributed by atoms with E-state index in [2.05, 4.69) is 51.3 Å². The molecule has 0 radical (unpaired) electrons. The summed E-state index contributed by atoms with van der Waals surface area (Å²) in [6.45, 7) is 9.18. The predicted molar refractivity (Wildman–Crippen MR) is 117 cm³/mol. The molecule has 1 saturated heterocycles. The number of benzene rings is 2.